The molecule has 0 aromatic heterocycles. The van der Waals surface area contributed by atoms with Gasteiger partial charge in [0.05, 0.1) is 12.7 Å². The quantitative estimate of drug-likeness (QED) is 0.868. The first-order valence-electron chi connectivity index (χ1n) is 6.02. The van der Waals surface area contributed by atoms with E-state index in [1.165, 1.54) is 6.07 Å². The summed E-state index contributed by atoms with van der Waals surface area (Å²) in [7, 11) is 0. The van der Waals surface area contributed by atoms with Crippen molar-refractivity contribution in [3.05, 3.63) is 35.6 Å². The maximum atomic E-state index is 13.7. The Kier molecular flexibility index (Phi) is 4.10. The molecule has 1 aliphatic heterocycles. The van der Waals surface area contributed by atoms with Gasteiger partial charge in [-0.3, -0.25) is 4.90 Å². The van der Waals surface area contributed by atoms with E-state index < -0.39 is 0 Å². The third-order valence-electron chi connectivity index (χ3n) is 3.34. The van der Waals surface area contributed by atoms with E-state index in [1.807, 2.05) is 19.1 Å². The highest BCUT2D eigenvalue weighted by molar-refractivity contribution is 5.20. The number of halogens is 1. The van der Waals surface area contributed by atoms with Gasteiger partial charge in [-0.05, 0) is 13.0 Å². The highest BCUT2D eigenvalue weighted by Crippen LogP contribution is 2.24. The Morgan fingerprint density at radius 1 is 1.53 bits per heavy atom. The molecule has 0 spiro atoms. The molecular formula is C13H19FN2O. The third-order valence-corrected chi connectivity index (χ3v) is 3.34. The monoisotopic (exact) mass is 238 g/mol. The Hall–Kier alpha value is -0.970. The predicted octanol–water partition coefficient (Wildman–Crippen LogP) is 1.55. The number of nitrogens with zero attached hydrogens (tertiary/aromatic N) is 1. The SMILES string of the molecule is CC(c1ccccc1F)N1CCOC(CN)C1. The van der Waals surface area contributed by atoms with Crippen molar-refractivity contribution < 1.29 is 9.13 Å². The van der Waals surface area contributed by atoms with Crippen LogP contribution >= 0.6 is 0 Å². The largest absolute Gasteiger partial charge is 0.374 e. The number of morpholine rings is 1. The Morgan fingerprint density at radius 3 is 3.00 bits per heavy atom. The van der Waals surface area contributed by atoms with E-state index in [4.69, 9.17) is 10.5 Å². The van der Waals surface area contributed by atoms with E-state index in [0.29, 0.717) is 13.2 Å². The summed E-state index contributed by atoms with van der Waals surface area (Å²) in [5.74, 6) is -0.143. The van der Waals surface area contributed by atoms with Gasteiger partial charge in [-0.2, -0.15) is 0 Å². The number of hydrogen-bond acceptors (Lipinski definition) is 3. The summed E-state index contributed by atoms with van der Waals surface area (Å²) >= 11 is 0. The van der Waals surface area contributed by atoms with Gasteiger partial charge in [0, 0.05) is 31.2 Å². The van der Waals surface area contributed by atoms with Crippen LogP contribution in [0.5, 0.6) is 0 Å². The second kappa shape index (κ2) is 5.58. The first-order valence-corrected chi connectivity index (χ1v) is 6.02. The fourth-order valence-electron chi connectivity index (χ4n) is 2.25. The van der Waals surface area contributed by atoms with Crippen LogP contribution in [0.4, 0.5) is 4.39 Å². The van der Waals surface area contributed by atoms with E-state index in [9.17, 15) is 4.39 Å². The van der Waals surface area contributed by atoms with E-state index >= 15 is 0 Å². The molecule has 3 nitrogen and oxygen atoms in total. The number of benzene rings is 1. The molecular weight excluding hydrogens is 219 g/mol. The summed E-state index contributed by atoms with van der Waals surface area (Å²) < 4.78 is 19.2. The van der Waals surface area contributed by atoms with Crippen molar-refractivity contribution in [3.63, 3.8) is 0 Å². The first-order chi connectivity index (χ1) is 8.22. The van der Waals surface area contributed by atoms with Crippen LogP contribution < -0.4 is 5.73 Å². The molecule has 0 bridgehead atoms. The molecule has 0 saturated carbocycles. The molecule has 94 valence electrons. The van der Waals surface area contributed by atoms with Crippen molar-refractivity contribution >= 4 is 0 Å². The van der Waals surface area contributed by atoms with E-state index in [1.54, 1.807) is 6.07 Å². The summed E-state index contributed by atoms with van der Waals surface area (Å²) in [4.78, 5) is 2.22. The topological polar surface area (TPSA) is 38.5 Å². The van der Waals surface area contributed by atoms with Crippen molar-refractivity contribution in [2.75, 3.05) is 26.2 Å². The van der Waals surface area contributed by atoms with Crippen molar-refractivity contribution in [2.24, 2.45) is 5.73 Å². The number of ether oxygens (including phenoxy) is 1. The Balaban J connectivity index is 2.09. The molecule has 2 atom stereocenters. The molecule has 4 heteroatoms. The van der Waals surface area contributed by atoms with Crippen LogP contribution in [-0.4, -0.2) is 37.2 Å². The van der Waals surface area contributed by atoms with Gasteiger partial charge in [0.25, 0.3) is 0 Å². The molecule has 2 rings (SSSR count). The molecule has 0 aliphatic carbocycles. The van der Waals surface area contributed by atoms with Crippen LogP contribution in [0.2, 0.25) is 0 Å². The first kappa shape index (κ1) is 12.5. The number of nitrogens with two attached hydrogens (primary N) is 1. The molecule has 1 fully saturated rings. The van der Waals surface area contributed by atoms with Gasteiger partial charge in [0.15, 0.2) is 0 Å². The summed E-state index contributed by atoms with van der Waals surface area (Å²) in [5, 5.41) is 0. The lowest BCUT2D eigenvalue weighted by atomic mass is 10.1. The lowest BCUT2D eigenvalue weighted by Crippen LogP contribution is -2.46. The predicted molar refractivity (Wildman–Crippen MR) is 65.2 cm³/mol. The summed E-state index contributed by atoms with van der Waals surface area (Å²) in [5.41, 5.74) is 6.35. The maximum absolute atomic E-state index is 13.7. The highest BCUT2D eigenvalue weighted by atomic mass is 19.1. The smallest absolute Gasteiger partial charge is 0.127 e. The Labute approximate surface area is 101 Å². The minimum atomic E-state index is -0.143. The second-order valence-corrected chi connectivity index (χ2v) is 4.42. The molecule has 2 N–H and O–H groups in total. The summed E-state index contributed by atoms with van der Waals surface area (Å²) in [6.07, 6.45) is 0.0676. The molecule has 1 aliphatic rings. The standard InChI is InChI=1S/C13H19FN2O/c1-10(12-4-2-3-5-13(12)14)16-6-7-17-11(8-15)9-16/h2-5,10-11H,6-9,15H2,1H3. The Bertz CT molecular complexity index is 372. The van der Waals surface area contributed by atoms with Crippen LogP contribution in [0, 0.1) is 5.82 Å². The minimum absolute atomic E-state index is 0.0640. The van der Waals surface area contributed by atoms with E-state index in [2.05, 4.69) is 4.90 Å². The Morgan fingerprint density at radius 2 is 2.29 bits per heavy atom. The number of rotatable bonds is 3. The second-order valence-electron chi connectivity index (χ2n) is 4.42. The molecule has 1 heterocycles. The van der Waals surface area contributed by atoms with Crippen molar-refractivity contribution in [1.29, 1.82) is 0 Å². The zero-order chi connectivity index (χ0) is 12.3. The molecule has 0 amide bonds. The van der Waals surface area contributed by atoms with Gasteiger partial charge in [0.1, 0.15) is 5.82 Å². The van der Waals surface area contributed by atoms with Gasteiger partial charge in [0.2, 0.25) is 0 Å². The average Bonchev–Trinajstić information content (AvgIpc) is 2.38. The van der Waals surface area contributed by atoms with Gasteiger partial charge >= 0.3 is 0 Å². The van der Waals surface area contributed by atoms with Gasteiger partial charge in [-0.1, -0.05) is 18.2 Å². The van der Waals surface area contributed by atoms with Crippen LogP contribution in [-0.2, 0) is 4.74 Å². The van der Waals surface area contributed by atoms with Crippen molar-refractivity contribution in [3.8, 4) is 0 Å². The molecule has 1 aromatic rings. The highest BCUT2D eigenvalue weighted by Gasteiger charge is 2.25. The fourth-order valence-corrected chi connectivity index (χ4v) is 2.25. The normalized spacial score (nSPS) is 23.6. The lowest BCUT2D eigenvalue weighted by molar-refractivity contribution is -0.0368. The van der Waals surface area contributed by atoms with Crippen LogP contribution in [0.3, 0.4) is 0 Å². The van der Waals surface area contributed by atoms with E-state index in [-0.39, 0.29) is 18.0 Å². The van der Waals surface area contributed by atoms with Gasteiger partial charge in [-0.25, -0.2) is 4.39 Å². The van der Waals surface area contributed by atoms with E-state index in [0.717, 1.165) is 18.7 Å². The fraction of sp³-hybridized carbons (Fsp3) is 0.538. The molecule has 1 aromatic carbocycles. The van der Waals surface area contributed by atoms with Gasteiger partial charge < -0.3 is 10.5 Å². The maximum Gasteiger partial charge on any atom is 0.127 e. The average molecular weight is 238 g/mol. The summed E-state index contributed by atoms with van der Waals surface area (Å²) in [6, 6.07) is 7.00. The number of hydrogen-bond donors (Lipinski definition) is 1. The summed E-state index contributed by atoms with van der Waals surface area (Å²) in [6.45, 7) is 4.80. The van der Waals surface area contributed by atoms with Gasteiger partial charge in [-0.15, -0.1) is 0 Å². The third kappa shape index (κ3) is 2.83. The van der Waals surface area contributed by atoms with Crippen LogP contribution in [0.1, 0.15) is 18.5 Å². The molecule has 1 saturated heterocycles. The molecule has 17 heavy (non-hydrogen) atoms. The van der Waals surface area contributed by atoms with Crippen molar-refractivity contribution in [2.45, 2.75) is 19.1 Å². The van der Waals surface area contributed by atoms with Crippen LogP contribution in [0.25, 0.3) is 0 Å². The van der Waals surface area contributed by atoms with Crippen molar-refractivity contribution in [1.82, 2.24) is 4.90 Å². The lowest BCUT2D eigenvalue weighted by Gasteiger charge is -2.36. The minimum Gasteiger partial charge on any atom is -0.374 e. The zero-order valence-electron chi connectivity index (χ0n) is 10.1. The zero-order valence-corrected chi connectivity index (χ0v) is 10.1. The molecule has 0 radical (unpaired) electrons. The molecule has 2 unspecified atom stereocenters. The van der Waals surface area contributed by atoms with Crippen LogP contribution in [0.15, 0.2) is 24.3 Å².